The van der Waals surface area contributed by atoms with Crippen molar-refractivity contribution in [3.63, 3.8) is 0 Å². The van der Waals surface area contributed by atoms with Crippen LogP contribution in [-0.2, 0) is 9.84 Å². The van der Waals surface area contributed by atoms with Gasteiger partial charge < -0.3 is 0 Å². The average molecular weight is 293 g/mol. The summed E-state index contributed by atoms with van der Waals surface area (Å²) < 4.78 is 38.9. The summed E-state index contributed by atoms with van der Waals surface area (Å²) in [5.74, 6) is 0. The minimum absolute atomic E-state index is 0.149. The first-order chi connectivity index (χ1) is 9.34. The second-order valence-corrected chi connectivity index (χ2v) is 6.73. The molecular formula is C15H16FNO2S. The molecule has 0 N–H and O–H groups in total. The van der Waals surface area contributed by atoms with Gasteiger partial charge in [0.1, 0.15) is 0 Å². The molecule has 1 heterocycles. The van der Waals surface area contributed by atoms with Gasteiger partial charge in [-0.2, -0.15) is 0 Å². The van der Waals surface area contributed by atoms with Crippen LogP contribution in [-0.4, -0.2) is 13.4 Å². The predicted molar refractivity (Wildman–Crippen MR) is 75.9 cm³/mol. The second kappa shape index (κ2) is 5.32. The van der Waals surface area contributed by atoms with Crippen LogP contribution in [0.5, 0.6) is 0 Å². The summed E-state index contributed by atoms with van der Waals surface area (Å²) in [6, 6.07) is 7.57. The summed E-state index contributed by atoms with van der Waals surface area (Å²) in [6.07, 6.45) is 1.34. The third-order valence-electron chi connectivity index (χ3n) is 3.41. The van der Waals surface area contributed by atoms with Crippen LogP contribution >= 0.6 is 0 Å². The van der Waals surface area contributed by atoms with E-state index in [2.05, 4.69) is 4.98 Å². The van der Waals surface area contributed by atoms with Crippen molar-refractivity contribution < 1.29 is 12.8 Å². The number of nitrogens with zero attached hydrogens (tertiary/aromatic N) is 1. The average Bonchev–Trinajstić information content (AvgIpc) is 2.44. The lowest BCUT2D eigenvalue weighted by atomic mass is 10.0. The quantitative estimate of drug-likeness (QED) is 0.870. The molecule has 1 atom stereocenters. The molecule has 0 saturated heterocycles. The van der Waals surface area contributed by atoms with Crippen molar-refractivity contribution in [1.29, 1.82) is 0 Å². The highest BCUT2D eigenvalue weighted by atomic mass is 32.2. The number of aromatic nitrogens is 1. The fraction of sp³-hybridized carbons (Fsp3) is 0.267. The second-order valence-electron chi connectivity index (χ2n) is 4.81. The van der Waals surface area contributed by atoms with Gasteiger partial charge >= 0.3 is 0 Å². The van der Waals surface area contributed by atoms with E-state index in [1.807, 2.05) is 20.8 Å². The monoisotopic (exact) mass is 293 g/mol. The molecule has 0 aliphatic heterocycles. The van der Waals surface area contributed by atoms with E-state index in [9.17, 15) is 12.8 Å². The zero-order chi connectivity index (χ0) is 14.9. The molecule has 0 bridgehead atoms. The largest absolute Gasteiger partial charge is 0.245 e. The lowest BCUT2D eigenvalue weighted by Gasteiger charge is -2.13. The first-order valence-corrected chi connectivity index (χ1v) is 7.75. The fourth-order valence-electron chi connectivity index (χ4n) is 2.00. The summed E-state index contributed by atoms with van der Waals surface area (Å²) in [5, 5.41) is -0.247. The Bertz CT molecular complexity index is 704. The molecule has 2 aromatic rings. The summed E-state index contributed by atoms with van der Waals surface area (Å²) in [6.45, 7) is 5.60. The Hall–Kier alpha value is -1.75. The number of sulfone groups is 1. The number of rotatable bonds is 3. The van der Waals surface area contributed by atoms with Crippen molar-refractivity contribution >= 4 is 9.84 Å². The van der Waals surface area contributed by atoms with Gasteiger partial charge in [0.2, 0.25) is 15.3 Å². The molecule has 106 valence electrons. The van der Waals surface area contributed by atoms with Crippen LogP contribution in [0, 0.1) is 20.8 Å². The fourth-order valence-corrected chi connectivity index (χ4v) is 3.18. The molecule has 0 radical (unpaired) electrons. The highest BCUT2D eigenvalue weighted by molar-refractivity contribution is 7.91. The highest BCUT2D eigenvalue weighted by Gasteiger charge is 2.30. The molecule has 5 heteroatoms. The molecule has 2 rings (SSSR count). The molecule has 0 aliphatic rings. The SMILES string of the molecule is Cc1cc(C(F)S(=O)(=O)c2ccccn2)cc(C)c1C. The maximum absolute atomic E-state index is 14.5. The zero-order valence-corrected chi connectivity index (χ0v) is 12.4. The van der Waals surface area contributed by atoms with E-state index >= 15 is 0 Å². The summed E-state index contributed by atoms with van der Waals surface area (Å²) >= 11 is 0. The van der Waals surface area contributed by atoms with Gasteiger partial charge in [-0.3, -0.25) is 0 Å². The molecule has 1 aromatic carbocycles. The van der Waals surface area contributed by atoms with E-state index in [1.54, 1.807) is 18.2 Å². The van der Waals surface area contributed by atoms with E-state index < -0.39 is 15.3 Å². The van der Waals surface area contributed by atoms with Crippen molar-refractivity contribution in [3.05, 3.63) is 58.8 Å². The van der Waals surface area contributed by atoms with Gasteiger partial charge in [0.05, 0.1) is 0 Å². The molecule has 0 saturated carbocycles. The molecule has 0 fully saturated rings. The number of aryl methyl sites for hydroxylation is 2. The van der Waals surface area contributed by atoms with Crippen molar-refractivity contribution in [2.24, 2.45) is 0 Å². The zero-order valence-electron chi connectivity index (χ0n) is 11.6. The van der Waals surface area contributed by atoms with Gasteiger partial charge in [0.15, 0.2) is 5.03 Å². The minimum Gasteiger partial charge on any atom is -0.245 e. The normalized spacial score (nSPS) is 13.2. The standard InChI is InChI=1S/C15H16FNO2S/c1-10-8-13(9-11(2)12(10)3)15(16)20(18,19)14-6-4-5-7-17-14/h4-9,15H,1-3H3. The van der Waals surface area contributed by atoms with Crippen LogP contribution in [0.1, 0.15) is 27.8 Å². The summed E-state index contributed by atoms with van der Waals surface area (Å²) in [5.41, 5.74) is 0.834. The van der Waals surface area contributed by atoms with Gasteiger partial charge in [-0.25, -0.2) is 17.8 Å². The predicted octanol–water partition coefficient (Wildman–Crippen LogP) is 3.45. The first kappa shape index (κ1) is 14.7. The first-order valence-electron chi connectivity index (χ1n) is 6.21. The van der Waals surface area contributed by atoms with Gasteiger partial charge in [-0.1, -0.05) is 18.2 Å². The van der Waals surface area contributed by atoms with E-state index in [1.165, 1.54) is 18.3 Å². The summed E-state index contributed by atoms with van der Waals surface area (Å²) in [7, 11) is -4.12. The topological polar surface area (TPSA) is 47.0 Å². The highest BCUT2D eigenvalue weighted by Crippen LogP contribution is 2.31. The van der Waals surface area contributed by atoms with Crippen molar-refractivity contribution in [2.45, 2.75) is 31.3 Å². The van der Waals surface area contributed by atoms with Crippen LogP contribution in [0.4, 0.5) is 4.39 Å². The Morgan fingerprint density at radius 1 is 1.10 bits per heavy atom. The number of pyridine rings is 1. The molecule has 0 spiro atoms. The smallest absolute Gasteiger partial charge is 0.231 e. The molecular weight excluding hydrogens is 277 g/mol. The number of halogens is 1. The lowest BCUT2D eigenvalue weighted by Crippen LogP contribution is -2.11. The van der Waals surface area contributed by atoms with Crippen LogP contribution in [0.2, 0.25) is 0 Å². The van der Waals surface area contributed by atoms with Gasteiger partial charge in [-0.05, 0) is 49.6 Å². The van der Waals surface area contributed by atoms with Crippen molar-refractivity contribution in [1.82, 2.24) is 4.98 Å². The maximum atomic E-state index is 14.5. The van der Waals surface area contributed by atoms with E-state index in [0.717, 1.165) is 16.7 Å². The molecule has 20 heavy (non-hydrogen) atoms. The molecule has 0 aliphatic carbocycles. The Morgan fingerprint density at radius 2 is 1.70 bits per heavy atom. The van der Waals surface area contributed by atoms with Crippen molar-refractivity contribution in [3.8, 4) is 0 Å². The molecule has 3 nitrogen and oxygen atoms in total. The Balaban J connectivity index is 2.49. The molecule has 1 unspecified atom stereocenters. The Morgan fingerprint density at radius 3 is 2.20 bits per heavy atom. The molecule has 0 amide bonds. The number of alkyl halides is 1. The third kappa shape index (κ3) is 2.58. The van der Waals surface area contributed by atoms with Gasteiger partial charge in [-0.15, -0.1) is 0 Å². The van der Waals surface area contributed by atoms with Crippen LogP contribution in [0.25, 0.3) is 0 Å². The van der Waals surface area contributed by atoms with Gasteiger partial charge in [0.25, 0.3) is 0 Å². The van der Waals surface area contributed by atoms with Crippen molar-refractivity contribution in [2.75, 3.05) is 0 Å². The minimum atomic E-state index is -4.12. The summed E-state index contributed by atoms with van der Waals surface area (Å²) in [4.78, 5) is 3.73. The Kier molecular flexibility index (Phi) is 3.90. The van der Waals surface area contributed by atoms with E-state index in [4.69, 9.17) is 0 Å². The number of hydrogen-bond donors (Lipinski definition) is 0. The van der Waals surface area contributed by atoms with Crippen LogP contribution in [0.15, 0.2) is 41.6 Å². The number of benzene rings is 1. The third-order valence-corrected chi connectivity index (χ3v) is 5.05. The van der Waals surface area contributed by atoms with E-state index in [0.29, 0.717) is 0 Å². The van der Waals surface area contributed by atoms with Crippen LogP contribution in [0.3, 0.4) is 0 Å². The lowest BCUT2D eigenvalue weighted by molar-refractivity contribution is 0.429. The van der Waals surface area contributed by atoms with Crippen LogP contribution < -0.4 is 0 Å². The van der Waals surface area contributed by atoms with Gasteiger partial charge in [0, 0.05) is 11.8 Å². The maximum Gasteiger partial charge on any atom is 0.231 e. The molecule has 1 aromatic heterocycles. The van der Waals surface area contributed by atoms with E-state index in [-0.39, 0.29) is 10.6 Å². The number of hydrogen-bond acceptors (Lipinski definition) is 3. The Labute approximate surface area is 118 Å².